The van der Waals surface area contributed by atoms with Gasteiger partial charge in [0.15, 0.2) is 0 Å². The minimum absolute atomic E-state index is 0.00868. The predicted molar refractivity (Wildman–Crippen MR) is 234 cm³/mol. The van der Waals surface area contributed by atoms with E-state index in [1.807, 2.05) is 78.9 Å². The van der Waals surface area contributed by atoms with Crippen molar-refractivity contribution < 1.29 is 67.2 Å². The van der Waals surface area contributed by atoms with Crippen molar-refractivity contribution in [2.24, 2.45) is 5.92 Å². The van der Waals surface area contributed by atoms with E-state index in [0.29, 0.717) is 105 Å². The largest absolute Gasteiger partial charge is 0.491 e. The lowest BCUT2D eigenvalue weighted by Gasteiger charge is -2.28. The number of fused-ring (bicyclic) bond motifs is 1. The van der Waals surface area contributed by atoms with E-state index in [1.54, 1.807) is 14.2 Å². The fourth-order valence-electron chi connectivity index (χ4n) is 6.89. The number of methoxy groups -OCH3 is 2. The summed E-state index contributed by atoms with van der Waals surface area (Å²) in [5.74, 6) is -0.416. The van der Waals surface area contributed by atoms with Gasteiger partial charge in [0.2, 0.25) is 5.91 Å². The zero-order valence-corrected chi connectivity index (χ0v) is 36.8. The highest BCUT2D eigenvalue weighted by atomic mass is 16.6. The summed E-state index contributed by atoms with van der Waals surface area (Å²) in [7, 11) is 3.24. The first kappa shape index (κ1) is 51.4. The van der Waals surface area contributed by atoms with Crippen LogP contribution in [0.25, 0.3) is 0 Å². The van der Waals surface area contributed by atoms with Crippen LogP contribution < -0.4 is 15.4 Å². The lowest BCUT2D eigenvalue weighted by atomic mass is 9.88. The molecule has 2 amide bonds. The molecule has 16 heteroatoms. The van der Waals surface area contributed by atoms with Gasteiger partial charge in [0.25, 0.3) is 0 Å². The molecule has 5 unspecified atom stereocenters. The second-order valence-electron chi connectivity index (χ2n) is 14.9. The molecule has 0 saturated carbocycles. The van der Waals surface area contributed by atoms with E-state index >= 15 is 0 Å². The van der Waals surface area contributed by atoms with E-state index in [2.05, 4.69) is 10.6 Å². The molecule has 0 bridgehead atoms. The van der Waals surface area contributed by atoms with Crippen LogP contribution in [0.2, 0.25) is 0 Å². The molecule has 63 heavy (non-hydrogen) atoms. The maximum Gasteiger partial charge on any atom is 0.407 e. The highest BCUT2D eigenvalue weighted by Crippen LogP contribution is 2.32. The Morgan fingerprint density at radius 2 is 1.13 bits per heavy atom. The quantitative estimate of drug-likeness (QED) is 0.0629. The van der Waals surface area contributed by atoms with Gasteiger partial charge >= 0.3 is 6.09 Å². The van der Waals surface area contributed by atoms with Crippen LogP contribution in [-0.2, 0) is 66.7 Å². The van der Waals surface area contributed by atoms with Gasteiger partial charge in [-0.15, -0.1) is 0 Å². The van der Waals surface area contributed by atoms with Crippen LogP contribution in [-0.4, -0.2) is 160 Å². The number of benzene rings is 3. The number of nitrogens with one attached hydrogen (secondary N) is 2. The maximum absolute atomic E-state index is 14.2. The van der Waals surface area contributed by atoms with Crippen molar-refractivity contribution in [3.8, 4) is 5.75 Å². The smallest absolute Gasteiger partial charge is 0.407 e. The van der Waals surface area contributed by atoms with Crippen LogP contribution in [0, 0.1) is 5.92 Å². The number of hydrogen-bond donors (Lipinski definition) is 4. The van der Waals surface area contributed by atoms with Crippen LogP contribution in [0.5, 0.6) is 5.75 Å². The van der Waals surface area contributed by atoms with E-state index in [4.69, 9.17) is 47.4 Å². The third-order valence-corrected chi connectivity index (χ3v) is 10.2. The highest BCUT2D eigenvalue weighted by Gasteiger charge is 2.35. The average molecular weight is 885 g/mol. The number of alkyl carbamates (subject to hydrolysis) is 1. The van der Waals surface area contributed by atoms with Gasteiger partial charge in [0.05, 0.1) is 117 Å². The highest BCUT2D eigenvalue weighted by molar-refractivity contribution is 5.80. The predicted octanol–water partition coefficient (Wildman–Crippen LogP) is 3.48. The third kappa shape index (κ3) is 20.9. The summed E-state index contributed by atoms with van der Waals surface area (Å²) in [6, 6.07) is 23.2. The van der Waals surface area contributed by atoms with Gasteiger partial charge in [-0.1, -0.05) is 66.7 Å². The number of aliphatic hydroxyl groups excluding tert-OH is 2. The lowest BCUT2D eigenvalue weighted by molar-refractivity contribution is -0.127. The molecule has 16 nitrogen and oxygen atoms in total. The third-order valence-electron chi connectivity index (χ3n) is 10.2. The van der Waals surface area contributed by atoms with Crippen molar-refractivity contribution in [2.75, 3.05) is 120 Å². The molecule has 0 heterocycles. The molecule has 0 aromatic heterocycles. The zero-order valence-electron chi connectivity index (χ0n) is 36.8. The summed E-state index contributed by atoms with van der Waals surface area (Å²) >= 11 is 0. The summed E-state index contributed by atoms with van der Waals surface area (Å²) in [6.07, 6.45) is -1.66. The van der Waals surface area contributed by atoms with Crippen LogP contribution in [0.15, 0.2) is 78.9 Å². The van der Waals surface area contributed by atoms with Crippen LogP contribution in [0.1, 0.15) is 34.7 Å². The first-order chi connectivity index (χ1) is 30.9. The normalized spacial score (nSPS) is 15.9. The Labute approximate surface area is 371 Å². The number of hydrogen-bond acceptors (Lipinski definition) is 14. The fourth-order valence-corrected chi connectivity index (χ4v) is 6.89. The molecule has 350 valence electrons. The molecule has 0 radical (unpaired) electrons. The number of carbonyl (C=O) groups excluding carboxylic acids is 2. The first-order valence-electron chi connectivity index (χ1n) is 21.8. The Kier molecular flexibility index (Phi) is 25.8. The van der Waals surface area contributed by atoms with Crippen molar-refractivity contribution in [3.05, 3.63) is 101 Å². The van der Waals surface area contributed by atoms with Gasteiger partial charge in [0.1, 0.15) is 19.0 Å². The molecule has 3 aromatic rings. The summed E-state index contributed by atoms with van der Waals surface area (Å²) < 4.78 is 54.0. The second-order valence-corrected chi connectivity index (χ2v) is 14.9. The SMILES string of the molecule is COCCOCCOCCOCCOC(=O)NC(Cc1ccccc1)C(O)CC(Cc1ccc(OCCOCCOCCOCCOC)cc1)C(=O)NC1c2ccccc2CC1O. The number of ether oxygens (including phenoxy) is 10. The Bertz CT molecular complexity index is 1650. The van der Waals surface area contributed by atoms with Gasteiger partial charge in [-0.05, 0) is 53.6 Å². The molecule has 1 aliphatic carbocycles. The topological polar surface area (TPSA) is 191 Å². The Morgan fingerprint density at radius 3 is 1.71 bits per heavy atom. The minimum Gasteiger partial charge on any atom is -0.491 e. The molecule has 3 aromatic carbocycles. The number of amides is 2. The monoisotopic (exact) mass is 884 g/mol. The van der Waals surface area contributed by atoms with Crippen molar-refractivity contribution in [1.29, 1.82) is 0 Å². The van der Waals surface area contributed by atoms with Crippen molar-refractivity contribution >= 4 is 12.0 Å². The molecular formula is C47H68N2O14. The molecule has 5 atom stereocenters. The van der Waals surface area contributed by atoms with Crippen LogP contribution >= 0.6 is 0 Å². The second kappa shape index (κ2) is 31.6. The molecule has 0 aliphatic heterocycles. The van der Waals surface area contributed by atoms with E-state index < -0.39 is 36.3 Å². The summed E-state index contributed by atoms with van der Waals surface area (Å²) in [4.78, 5) is 27.3. The van der Waals surface area contributed by atoms with E-state index in [0.717, 1.165) is 22.3 Å². The van der Waals surface area contributed by atoms with Gasteiger partial charge in [-0.3, -0.25) is 4.79 Å². The number of aliphatic hydroxyl groups is 2. The van der Waals surface area contributed by atoms with Gasteiger partial charge in [0, 0.05) is 26.6 Å². The minimum atomic E-state index is -1.15. The molecule has 0 saturated heterocycles. The first-order valence-corrected chi connectivity index (χ1v) is 21.8. The summed E-state index contributed by atoms with van der Waals surface area (Å²) in [6.45, 7) is 6.42. The Balaban J connectivity index is 1.31. The van der Waals surface area contributed by atoms with Crippen molar-refractivity contribution in [2.45, 2.75) is 50.0 Å². The molecule has 4 rings (SSSR count). The number of rotatable bonds is 35. The standard InChI is InChI=1S/C47H68N2O14/c1-54-16-18-56-20-22-58-24-26-60-28-30-62-40-14-12-37(13-15-40)32-39(46(52)49-45-41-11-7-6-10-38(41)34-44(45)51)35-43(50)42(33-36-8-4-3-5-9-36)48-47(53)63-31-29-61-27-25-59-23-21-57-19-17-55-2/h3-15,39,42-45,50-51H,16-35H2,1-2H3,(H,48,53)(H,49,52). The van der Waals surface area contributed by atoms with Gasteiger partial charge in [-0.25, -0.2) is 4.79 Å². The molecule has 0 fully saturated rings. The fraction of sp³-hybridized carbons (Fsp3) is 0.574. The Morgan fingerprint density at radius 1 is 0.619 bits per heavy atom. The van der Waals surface area contributed by atoms with Gasteiger partial charge in [-0.2, -0.15) is 0 Å². The molecule has 1 aliphatic rings. The molecule has 4 N–H and O–H groups in total. The summed E-state index contributed by atoms with van der Waals surface area (Å²) in [5.41, 5.74) is 3.57. The van der Waals surface area contributed by atoms with E-state index in [9.17, 15) is 19.8 Å². The lowest BCUT2D eigenvalue weighted by Crippen LogP contribution is -2.47. The number of carbonyl (C=O) groups is 2. The van der Waals surface area contributed by atoms with Gasteiger partial charge < -0.3 is 68.2 Å². The van der Waals surface area contributed by atoms with Crippen molar-refractivity contribution in [1.82, 2.24) is 10.6 Å². The maximum atomic E-state index is 14.2. The van der Waals surface area contributed by atoms with E-state index in [1.165, 1.54) is 0 Å². The average Bonchev–Trinajstić information content (AvgIpc) is 3.61. The van der Waals surface area contributed by atoms with Crippen LogP contribution in [0.3, 0.4) is 0 Å². The summed E-state index contributed by atoms with van der Waals surface area (Å²) in [5, 5.41) is 28.7. The Hall–Kier alpha value is -4.20. The van der Waals surface area contributed by atoms with E-state index in [-0.39, 0.29) is 38.4 Å². The zero-order chi connectivity index (χ0) is 44.7. The van der Waals surface area contributed by atoms with Crippen molar-refractivity contribution in [3.63, 3.8) is 0 Å². The van der Waals surface area contributed by atoms with Crippen LogP contribution in [0.4, 0.5) is 4.79 Å². The molecule has 0 spiro atoms. The molecular weight excluding hydrogens is 817 g/mol.